The molecule has 5 nitrogen and oxygen atoms in total. The molecule has 2 fully saturated rings. The highest BCUT2D eigenvalue weighted by atomic mass is 16.5. The van der Waals surface area contributed by atoms with Crippen molar-refractivity contribution in [3.05, 3.63) is 0 Å². The Labute approximate surface area is 142 Å². The van der Waals surface area contributed by atoms with Crippen molar-refractivity contribution in [1.82, 2.24) is 15.5 Å². The molecular formula is C18H36N4O. The predicted molar refractivity (Wildman–Crippen MR) is 97.0 cm³/mol. The van der Waals surface area contributed by atoms with Crippen molar-refractivity contribution in [1.29, 1.82) is 0 Å². The first-order valence-electron chi connectivity index (χ1n) is 9.41. The Kier molecular flexibility index (Phi) is 7.63. The molecule has 1 saturated heterocycles. The lowest BCUT2D eigenvalue weighted by Crippen LogP contribution is -2.49. The highest BCUT2D eigenvalue weighted by Gasteiger charge is 2.28. The molecular weight excluding hydrogens is 288 g/mol. The van der Waals surface area contributed by atoms with Gasteiger partial charge in [-0.2, -0.15) is 0 Å². The monoisotopic (exact) mass is 324 g/mol. The number of hydrogen-bond donors (Lipinski definition) is 2. The molecule has 0 unspecified atom stereocenters. The van der Waals surface area contributed by atoms with E-state index < -0.39 is 0 Å². The number of nitrogens with zero attached hydrogens (tertiary/aromatic N) is 2. The fourth-order valence-electron chi connectivity index (χ4n) is 3.69. The number of likely N-dealkylation sites (tertiary alicyclic amines) is 1. The highest BCUT2D eigenvalue weighted by Crippen LogP contribution is 2.37. The van der Waals surface area contributed by atoms with E-state index >= 15 is 0 Å². The standard InChI is InChI=1S/C18H36N4O/c1-4-19-17(20-15-18(2)9-5-6-10-18)21-16-7-11-22(12-8-16)13-14-23-3/h16H,4-15H2,1-3H3,(H2,19,20,21). The zero-order valence-electron chi connectivity index (χ0n) is 15.4. The first-order chi connectivity index (χ1) is 11.1. The zero-order chi connectivity index (χ0) is 16.5. The van der Waals surface area contributed by atoms with Crippen LogP contribution >= 0.6 is 0 Å². The molecule has 0 amide bonds. The summed E-state index contributed by atoms with van der Waals surface area (Å²) in [5.41, 5.74) is 0.422. The minimum Gasteiger partial charge on any atom is -0.383 e. The van der Waals surface area contributed by atoms with Crippen LogP contribution < -0.4 is 10.6 Å². The van der Waals surface area contributed by atoms with Gasteiger partial charge < -0.3 is 20.3 Å². The summed E-state index contributed by atoms with van der Waals surface area (Å²) in [4.78, 5) is 7.38. The third kappa shape index (κ3) is 6.30. The van der Waals surface area contributed by atoms with E-state index in [4.69, 9.17) is 9.73 Å². The topological polar surface area (TPSA) is 48.9 Å². The number of piperidine rings is 1. The Morgan fingerprint density at radius 3 is 2.57 bits per heavy atom. The van der Waals surface area contributed by atoms with Crippen LogP contribution in [0.15, 0.2) is 4.99 Å². The number of guanidine groups is 1. The zero-order valence-corrected chi connectivity index (χ0v) is 15.4. The van der Waals surface area contributed by atoms with E-state index in [0.717, 1.165) is 45.3 Å². The van der Waals surface area contributed by atoms with Gasteiger partial charge in [-0.3, -0.25) is 4.99 Å². The molecule has 2 aliphatic rings. The van der Waals surface area contributed by atoms with Gasteiger partial charge in [-0.05, 0) is 38.0 Å². The van der Waals surface area contributed by atoms with E-state index in [9.17, 15) is 0 Å². The number of ether oxygens (including phenoxy) is 1. The molecule has 1 heterocycles. The largest absolute Gasteiger partial charge is 0.383 e. The summed E-state index contributed by atoms with van der Waals surface area (Å²) in [6.45, 7) is 10.6. The SMILES string of the molecule is CCNC(=NCC1(C)CCCC1)NC1CCN(CCOC)CC1. The second kappa shape index (κ2) is 9.48. The fourth-order valence-corrected chi connectivity index (χ4v) is 3.69. The Balaban J connectivity index is 1.78. The maximum absolute atomic E-state index is 5.17. The van der Waals surface area contributed by atoms with Crippen LogP contribution in [-0.4, -0.2) is 63.3 Å². The van der Waals surface area contributed by atoms with E-state index in [1.807, 2.05) is 0 Å². The van der Waals surface area contributed by atoms with Crippen LogP contribution in [0.4, 0.5) is 0 Å². The molecule has 0 aromatic rings. The summed E-state index contributed by atoms with van der Waals surface area (Å²) >= 11 is 0. The van der Waals surface area contributed by atoms with Gasteiger partial charge in [0.2, 0.25) is 0 Å². The Hall–Kier alpha value is -0.810. The number of aliphatic imine (C=N–C) groups is 1. The summed E-state index contributed by atoms with van der Waals surface area (Å²) in [5, 5.41) is 7.08. The van der Waals surface area contributed by atoms with E-state index in [0.29, 0.717) is 11.5 Å². The van der Waals surface area contributed by atoms with Gasteiger partial charge >= 0.3 is 0 Å². The number of hydrogen-bond acceptors (Lipinski definition) is 3. The quantitative estimate of drug-likeness (QED) is 0.557. The molecule has 23 heavy (non-hydrogen) atoms. The molecule has 5 heteroatoms. The molecule has 2 N–H and O–H groups in total. The Morgan fingerprint density at radius 2 is 1.96 bits per heavy atom. The van der Waals surface area contributed by atoms with Crippen LogP contribution in [0.3, 0.4) is 0 Å². The second-order valence-electron chi connectivity index (χ2n) is 7.47. The molecule has 0 bridgehead atoms. The Morgan fingerprint density at radius 1 is 1.26 bits per heavy atom. The van der Waals surface area contributed by atoms with Gasteiger partial charge in [-0.15, -0.1) is 0 Å². The van der Waals surface area contributed by atoms with Crippen LogP contribution in [0.5, 0.6) is 0 Å². The van der Waals surface area contributed by atoms with E-state index in [1.165, 1.54) is 38.5 Å². The van der Waals surface area contributed by atoms with Gasteiger partial charge in [-0.25, -0.2) is 0 Å². The normalized spacial score (nSPS) is 23.2. The van der Waals surface area contributed by atoms with E-state index in [2.05, 4.69) is 29.4 Å². The van der Waals surface area contributed by atoms with Crippen molar-refractivity contribution < 1.29 is 4.74 Å². The fraction of sp³-hybridized carbons (Fsp3) is 0.944. The summed E-state index contributed by atoms with van der Waals surface area (Å²) in [5.74, 6) is 1.01. The summed E-state index contributed by atoms with van der Waals surface area (Å²) in [6.07, 6.45) is 7.77. The van der Waals surface area contributed by atoms with Gasteiger partial charge in [0.15, 0.2) is 5.96 Å². The third-order valence-electron chi connectivity index (χ3n) is 5.31. The summed E-state index contributed by atoms with van der Waals surface area (Å²) < 4.78 is 5.17. The average Bonchev–Trinajstić information content (AvgIpc) is 2.99. The first kappa shape index (κ1) is 18.5. The summed E-state index contributed by atoms with van der Waals surface area (Å²) in [7, 11) is 1.78. The molecule has 0 aromatic heterocycles. The molecule has 1 saturated carbocycles. The lowest BCUT2D eigenvalue weighted by atomic mass is 9.89. The molecule has 0 radical (unpaired) electrons. The van der Waals surface area contributed by atoms with Crippen molar-refractivity contribution in [3.63, 3.8) is 0 Å². The first-order valence-corrected chi connectivity index (χ1v) is 9.41. The maximum Gasteiger partial charge on any atom is 0.191 e. The second-order valence-corrected chi connectivity index (χ2v) is 7.47. The van der Waals surface area contributed by atoms with Crippen LogP contribution in [0.2, 0.25) is 0 Å². The van der Waals surface area contributed by atoms with Crippen LogP contribution in [0.25, 0.3) is 0 Å². The van der Waals surface area contributed by atoms with E-state index in [-0.39, 0.29) is 0 Å². The molecule has 0 spiro atoms. The van der Waals surface area contributed by atoms with Crippen molar-refractivity contribution in [2.24, 2.45) is 10.4 Å². The van der Waals surface area contributed by atoms with Gasteiger partial charge in [-0.1, -0.05) is 19.8 Å². The van der Waals surface area contributed by atoms with Crippen LogP contribution in [0, 0.1) is 5.41 Å². The number of methoxy groups -OCH3 is 1. The third-order valence-corrected chi connectivity index (χ3v) is 5.31. The van der Waals surface area contributed by atoms with Crippen molar-refractivity contribution in [3.8, 4) is 0 Å². The minimum atomic E-state index is 0.422. The van der Waals surface area contributed by atoms with Gasteiger partial charge in [0, 0.05) is 45.9 Å². The average molecular weight is 325 g/mol. The number of rotatable bonds is 7. The highest BCUT2D eigenvalue weighted by molar-refractivity contribution is 5.80. The van der Waals surface area contributed by atoms with Gasteiger partial charge in [0.25, 0.3) is 0 Å². The van der Waals surface area contributed by atoms with Gasteiger partial charge in [0.05, 0.1) is 6.61 Å². The summed E-state index contributed by atoms with van der Waals surface area (Å²) in [6, 6.07) is 0.544. The van der Waals surface area contributed by atoms with Crippen molar-refractivity contribution in [2.45, 2.75) is 58.4 Å². The minimum absolute atomic E-state index is 0.422. The van der Waals surface area contributed by atoms with Crippen LogP contribution in [0.1, 0.15) is 52.4 Å². The lowest BCUT2D eigenvalue weighted by Gasteiger charge is -2.33. The molecule has 134 valence electrons. The molecule has 2 rings (SSSR count). The number of nitrogens with one attached hydrogen (secondary N) is 2. The van der Waals surface area contributed by atoms with E-state index in [1.54, 1.807) is 7.11 Å². The van der Waals surface area contributed by atoms with Gasteiger partial charge in [0.1, 0.15) is 0 Å². The Bertz CT molecular complexity index is 358. The lowest BCUT2D eigenvalue weighted by molar-refractivity contribution is 0.128. The molecule has 0 atom stereocenters. The molecule has 1 aliphatic carbocycles. The smallest absolute Gasteiger partial charge is 0.191 e. The van der Waals surface area contributed by atoms with Crippen molar-refractivity contribution >= 4 is 5.96 Å². The van der Waals surface area contributed by atoms with Crippen LogP contribution in [-0.2, 0) is 4.74 Å². The molecule has 0 aromatic carbocycles. The predicted octanol–water partition coefficient (Wildman–Crippen LogP) is 2.23. The maximum atomic E-state index is 5.17. The van der Waals surface area contributed by atoms with Crippen molar-refractivity contribution in [2.75, 3.05) is 46.4 Å². The molecule has 1 aliphatic heterocycles.